The lowest BCUT2D eigenvalue weighted by Crippen LogP contribution is -2.18. The van der Waals surface area contributed by atoms with Gasteiger partial charge in [0, 0.05) is 19.2 Å². The van der Waals surface area contributed by atoms with Crippen molar-refractivity contribution in [1.29, 1.82) is 0 Å². The van der Waals surface area contributed by atoms with E-state index in [9.17, 15) is 9.18 Å². The van der Waals surface area contributed by atoms with Gasteiger partial charge in [-0.25, -0.2) is 4.39 Å². The molecule has 0 saturated carbocycles. The van der Waals surface area contributed by atoms with E-state index >= 15 is 0 Å². The van der Waals surface area contributed by atoms with Crippen LogP contribution in [0.2, 0.25) is 0 Å². The number of benzene rings is 1. The molecule has 1 heterocycles. The Hall–Kier alpha value is -2.21. The smallest absolute Gasteiger partial charge is 0.224 e. The lowest BCUT2D eigenvalue weighted by Gasteiger charge is -2.11. The molecule has 1 aromatic carbocycles. The molecule has 1 amide bonds. The molecule has 0 aliphatic carbocycles. The van der Waals surface area contributed by atoms with E-state index in [0.717, 1.165) is 18.7 Å². The molecule has 0 radical (unpaired) electrons. The number of anilines is 1. The summed E-state index contributed by atoms with van der Waals surface area (Å²) in [5, 5.41) is 7.10. The summed E-state index contributed by atoms with van der Waals surface area (Å²) in [5.41, 5.74) is 1.61. The van der Waals surface area contributed by atoms with Gasteiger partial charge in [0.05, 0.1) is 18.4 Å². The highest BCUT2D eigenvalue weighted by Gasteiger charge is 2.11. The number of nitrogens with one attached hydrogen (secondary N) is 1. The number of halogens is 1. The molecule has 0 saturated heterocycles. The normalized spacial score (nSPS) is 12.4. The number of carbonyl (C=O) groups is 1. The second kappa shape index (κ2) is 8.59. The van der Waals surface area contributed by atoms with Crippen LogP contribution in [-0.4, -0.2) is 41.2 Å². The molecule has 24 heavy (non-hydrogen) atoms. The highest BCUT2D eigenvalue weighted by atomic mass is 19.1. The number of carbonyl (C=O) groups excluding carboxylic acids is 1. The first kappa shape index (κ1) is 18.1. The average molecular weight is 332 g/mol. The first-order valence-electron chi connectivity index (χ1n) is 8.14. The van der Waals surface area contributed by atoms with Crippen molar-refractivity contribution in [3.63, 3.8) is 0 Å². The van der Waals surface area contributed by atoms with Crippen LogP contribution in [0.15, 0.2) is 36.7 Å². The van der Waals surface area contributed by atoms with Crippen LogP contribution in [0.3, 0.4) is 0 Å². The first-order chi connectivity index (χ1) is 11.4. The van der Waals surface area contributed by atoms with Gasteiger partial charge in [0.2, 0.25) is 5.91 Å². The molecule has 2 rings (SSSR count). The van der Waals surface area contributed by atoms with Crippen LogP contribution in [0, 0.1) is 11.7 Å². The fourth-order valence-corrected chi connectivity index (χ4v) is 2.52. The Bertz CT molecular complexity index is 669. The largest absolute Gasteiger partial charge is 0.323 e. The number of aromatic nitrogens is 2. The van der Waals surface area contributed by atoms with Gasteiger partial charge < -0.3 is 10.2 Å². The number of amides is 1. The maximum atomic E-state index is 13.2. The molecule has 0 aliphatic rings. The van der Waals surface area contributed by atoms with E-state index in [1.807, 2.05) is 38.0 Å². The molecular weight excluding hydrogens is 307 g/mol. The SMILES string of the molecule is CC(CC(=O)Nc1cnn(CCN(C)C)c1)Cc1cccc(F)c1. The van der Waals surface area contributed by atoms with Crippen molar-refractivity contribution in [3.05, 3.63) is 48.0 Å². The second-order valence-electron chi connectivity index (χ2n) is 6.49. The zero-order chi connectivity index (χ0) is 17.5. The molecule has 1 unspecified atom stereocenters. The Morgan fingerprint density at radius 1 is 1.42 bits per heavy atom. The maximum absolute atomic E-state index is 13.2. The molecule has 1 atom stereocenters. The lowest BCUT2D eigenvalue weighted by atomic mass is 9.98. The van der Waals surface area contributed by atoms with Crippen LogP contribution >= 0.6 is 0 Å². The summed E-state index contributed by atoms with van der Waals surface area (Å²) < 4.78 is 15.0. The average Bonchev–Trinajstić information content (AvgIpc) is 2.92. The van der Waals surface area contributed by atoms with Crippen LogP contribution in [0.4, 0.5) is 10.1 Å². The first-order valence-corrected chi connectivity index (χ1v) is 8.14. The third-order valence-electron chi connectivity index (χ3n) is 3.70. The topological polar surface area (TPSA) is 50.2 Å². The minimum atomic E-state index is -0.241. The zero-order valence-corrected chi connectivity index (χ0v) is 14.5. The molecule has 5 nitrogen and oxygen atoms in total. The van der Waals surface area contributed by atoms with Gasteiger partial charge in [-0.05, 0) is 44.1 Å². The third kappa shape index (κ3) is 6.12. The quantitative estimate of drug-likeness (QED) is 0.809. The van der Waals surface area contributed by atoms with E-state index in [0.29, 0.717) is 18.5 Å². The minimum absolute atomic E-state index is 0.0499. The van der Waals surface area contributed by atoms with E-state index in [2.05, 4.69) is 15.3 Å². The van der Waals surface area contributed by atoms with E-state index in [1.165, 1.54) is 12.1 Å². The summed E-state index contributed by atoms with van der Waals surface area (Å²) in [6.45, 7) is 3.66. The maximum Gasteiger partial charge on any atom is 0.224 e. The lowest BCUT2D eigenvalue weighted by molar-refractivity contribution is -0.116. The molecule has 130 valence electrons. The van der Waals surface area contributed by atoms with Gasteiger partial charge in [-0.2, -0.15) is 5.10 Å². The molecule has 6 heteroatoms. The fourth-order valence-electron chi connectivity index (χ4n) is 2.52. The van der Waals surface area contributed by atoms with Crippen molar-refractivity contribution in [2.75, 3.05) is 26.0 Å². The molecule has 1 aromatic heterocycles. The van der Waals surface area contributed by atoms with Crippen molar-refractivity contribution >= 4 is 11.6 Å². The van der Waals surface area contributed by atoms with Gasteiger partial charge in [0.25, 0.3) is 0 Å². The van der Waals surface area contributed by atoms with Crippen molar-refractivity contribution in [2.24, 2.45) is 5.92 Å². The molecule has 0 bridgehead atoms. The molecule has 2 aromatic rings. The van der Waals surface area contributed by atoms with Crippen LogP contribution in [0.1, 0.15) is 18.9 Å². The van der Waals surface area contributed by atoms with Gasteiger partial charge in [-0.3, -0.25) is 9.48 Å². The van der Waals surface area contributed by atoms with E-state index in [-0.39, 0.29) is 17.6 Å². The van der Waals surface area contributed by atoms with Crippen LogP contribution in [0.25, 0.3) is 0 Å². The van der Waals surface area contributed by atoms with Gasteiger partial charge in [0.15, 0.2) is 0 Å². The van der Waals surface area contributed by atoms with E-state index in [4.69, 9.17) is 0 Å². The standard InChI is InChI=1S/C18H25FN4O/c1-14(9-15-5-4-6-16(19)11-15)10-18(24)21-17-12-20-23(13-17)8-7-22(2)3/h4-6,11-14H,7-10H2,1-3H3,(H,21,24). The summed E-state index contributed by atoms with van der Waals surface area (Å²) in [6, 6.07) is 6.52. The van der Waals surface area contributed by atoms with E-state index < -0.39 is 0 Å². The highest BCUT2D eigenvalue weighted by Crippen LogP contribution is 2.14. The summed E-state index contributed by atoms with van der Waals surface area (Å²) in [4.78, 5) is 14.2. The number of hydrogen-bond donors (Lipinski definition) is 1. The Labute approximate surface area is 142 Å². The second-order valence-corrected chi connectivity index (χ2v) is 6.49. The fraction of sp³-hybridized carbons (Fsp3) is 0.444. The molecule has 0 aliphatic heterocycles. The zero-order valence-electron chi connectivity index (χ0n) is 14.5. The number of hydrogen-bond acceptors (Lipinski definition) is 3. The number of nitrogens with zero attached hydrogens (tertiary/aromatic N) is 3. The monoisotopic (exact) mass is 332 g/mol. The summed E-state index contributed by atoms with van der Waals surface area (Å²) >= 11 is 0. The summed E-state index contributed by atoms with van der Waals surface area (Å²) in [5.74, 6) is -0.157. The Balaban J connectivity index is 1.80. The van der Waals surface area contributed by atoms with Gasteiger partial charge in [-0.1, -0.05) is 19.1 Å². The predicted molar refractivity (Wildman–Crippen MR) is 93.3 cm³/mol. The minimum Gasteiger partial charge on any atom is -0.323 e. The van der Waals surface area contributed by atoms with Gasteiger partial charge >= 0.3 is 0 Å². The highest BCUT2D eigenvalue weighted by molar-refractivity contribution is 5.90. The summed E-state index contributed by atoms with van der Waals surface area (Å²) in [6.07, 6.45) is 4.55. The number of likely N-dealkylation sites (N-methyl/N-ethyl adjacent to an activating group) is 1. The van der Waals surface area contributed by atoms with Crippen molar-refractivity contribution in [1.82, 2.24) is 14.7 Å². The molecule has 0 fully saturated rings. The third-order valence-corrected chi connectivity index (χ3v) is 3.70. The Kier molecular flexibility index (Phi) is 6.49. The van der Waals surface area contributed by atoms with Crippen LogP contribution in [-0.2, 0) is 17.8 Å². The molecule has 0 spiro atoms. The molecule has 1 N–H and O–H groups in total. The van der Waals surface area contributed by atoms with Gasteiger partial charge in [-0.15, -0.1) is 0 Å². The van der Waals surface area contributed by atoms with Crippen LogP contribution in [0.5, 0.6) is 0 Å². The van der Waals surface area contributed by atoms with Gasteiger partial charge in [0.1, 0.15) is 5.82 Å². The van der Waals surface area contributed by atoms with E-state index in [1.54, 1.807) is 12.3 Å². The number of rotatable bonds is 8. The predicted octanol–water partition coefficient (Wildman–Crippen LogP) is 2.79. The Morgan fingerprint density at radius 3 is 2.92 bits per heavy atom. The van der Waals surface area contributed by atoms with Crippen LogP contribution < -0.4 is 5.32 Å². The van der Waals surface area contributed by atoms with Crippen molar-refractivity contribution < 1.29 is 9.18 Å². The molecular formula is C18H25FN4O. The summed E-state index contributed by atoms with van der Waals surface area (Å²) in [7, 11) is 4.01. The van der Waals surface area contributed by atoms with Crippen molar-refractivity contribution in [2.45, 2.75) is 26.3 Å². The van der Waals surface area contributed by atoms with Crippen molar-refractivity contribution in [3.8, 4) is 0 Å². The Morgan fingerprint density at radius 2 is 2.21 bits per heavy atom.